The summed E-state index contributed by atoms with van der Waals surface area (Å²) in [4.78, 5) is 24.7. The van der Waals surface area contributed by atoms with Crippen molar-refractivity contribution >= 4 is 10.0 Å². The van der Waals surface area contributed by atoms with Crippen LogP contribution in [0.25, 0.3) is 0 Å². The van der Waals surface area contributed by atoms with Crippen LogP contribution in [0.3, 0.4) is 0 Å². The van der Waals surface area contributed by atoms with Crippen molar-refractivity contribution < 1.29 is 8.42 Å². The molecule has 2 aromatic rings. The summed E-state index contributed by atoms with van der Waals surface area (Å²) in [5, 5.41) is 0. The first kappa shape index (κ1) is 19.9. The van der Waals surface area contributed by atoms with E-state index in [4.69, 9.17) is 0 Å². The van der Waals surface area contributed by atoms with Crippen molar-refractivity contribution in [1.82, 2.24) is 14.3 Å². The third-order valence-corrected chi connectivity index (χ3v) is 5.42. The average molecular weight is 377 g/mol. The van der Waals surface area contributed by atoms with E-state index < -0.39 is 26.8 Å². The number of hydrogen-bond donors (Lipinski definition) is 2. The Bertz CT molecular complexity index is 973. The molecule has 2 rings (SSSR count). The fraction of sp³-hybridized carbons (Fsp3) is 0.333. The van der Waals surface area contributed by atoms with Crippen LogP contribution in [0.4, 0.5) is 0 Å². The number of sulfonamides is 1. The number of rotatable bonds is 8. The summed E-state index contributed by atoms with van der Waals surface area (Å²) in [6.07, 6.45) is 5.11. The zero-order valence-electron chi connectivity index (χ0n) is 14.8. The number of nitrogens with zero attached hydrogens (tertiary/aromatic N) is 1. The van der Waals surface area contributed by atoms with E-state index in [-0.39, 0.29) is 12.3 Å². The first-order valence-electron chi connectivity index (χ1n) is 8.21. The van der Waals surface area contributed by atoms with Crippen molar-refractivity contribution in [1.29, 1.82) is 0 Å². The molecule has 0 amide bonds. The minimum atomic E-state index is -3.46. The zero-order valence-corrected chi connectivity index (χ0v) is 15.6. The lowest BCUT2D eigenvalue weighted by molar-refractivity contribution is 0.472. The van der Waals surface area contributed by atoms with E-state index in [1.807, 2.05) is 44.2 Å². The van der Waals surface area contributed by atoms with Gasteiger partial charge in [0, 0.05) is 18.8 Å². The number of allylic oxidation sites excluding steroid dienone is 2. The maximum atomic E-state index is 12.3. The first-order chi connectivity index (χ1) is 12.2. The van der Waals surface area contributed by atoms with Gasteiger partial charge in [-0.25, -0.2) is 17.9 Å². The highest BCUT2D eigenvalue weighted by molar-refractivity contribution is 7.89. The Hall–Kier alpha value is -2.45. The van der Waals surface area contributed by atoms with Crippen LogP contribution < -0.4 is 16.0 Å². The summed E-state index contributed by atoms with van der Waals surface area (Å²) in [7, 11) is -3.46. The lowest BCUT2D eigenvalue weighted by Crippen LogP contribution is -2.42. The lowest BCUT2D eigenvalue weighted by Gasteiger charge is -2.26. The van der Waals surface area contributed by atoms with Crippen LogP contribution in [0, 0.1) is 0 Å². The zero-order chi connectivity index (χ0) is 19.2. The molecule has 0 atom stereocenters. The van der Waals surface area contributed by atoms with E-state index in [9.17, 15) is 18.0 Å². The molecule has 2 N–H and O–H groups in total. The second-order valence-corrected chi connectivity index (χ2v) is 8.28. The minimum absolute atomic E-state index is 0.0553. The Labute approximate surface area is 152 Å². The van der Waals surface area contributed by atoms with Crippen LogP contribution in [-0.2, 0) is 22.1 Å². The van der Waals surface area contributed by atoms with Gasteiger partial charge in [-0.1, -0.05) is 42.5 Å². The smallest absolute Gasteiger partial charge is 0.297 e. The van der Waals surface area contributed by atoms with Crippen molar-refractivity contribution in [2.24, 2.45) is 0 Å². The number of aromatic nitrogens is 2. The average Bonchev–Trinajstić information content (AvgIpc) is 2.56. The van der Waals surface area contributed by atoms with Gasteiger partial charge in [0.05, 0.1) is 11.3 Å². The molecule has 1 aromatic heterocycles. The van der Waals surface area contributed by atoms with Gasteiger partial charge in [0.2, 0.25) is 10.0 Å². The molecule has 0 unspecified atom stereocenters. The van der Waals surface area contributed by atoms with Crippen molar-refractivity contribution in [2.75, 3.05) is 5.75 Å². The van der Waals surface area contributed by atoms with Gasteiger partial charge in [-0.3, -0.25) is 14.3 Å². The second kappa shape index (κ2) is 8.29. The molecule has 0 saturated heterocycles. The Morgan fingerprint density at radius 1 is 1.12 bits per heavy atom. The van der Waals surface area contributed by atoms with Crippen molar-refractivity contribution in [3.63, 3.8) is 0 Å². The molecule has 1 aromatic carbocycles. The van der Waals surface area contributed by atoms with E-state index in [1.54, 1.807) is 12.2 Å². The summed E-state index contributed by atoms with van der Waals surface area (Å²) in [5.74, 6) is -0.0553. The third-order valence-electron chi connectivity index (χ3n) is 3.83. The monoisotopic (exact) mass is 377 g/mol. The fourth-order valence-corrected chi connectivity index (χ4v) is 3.91. The van der Waals surface area contributed by atoms with Crippen molar-refractivity contribution in [3.8, 4) is 0 Å². The van der Waals surface area contributed by atoms with Gasteiger partial charge < -0.3 is 0 Å². The summed E-state index contributed by atoms with van der Waals surface area (Å²) in [5.41, 5.74) is -0.765. The van der Waals surface area contributed by atoms with Gasteiger partial charge in [-0.15, -0.1) is 0 Å². The number of nitrogens with one attached hydrogen (secondary N) is 2. The van der Waals surface area contributed by atoms with Crippen LogP contribution in [0.15, 0.2) is 64.3 Å². The summed E-state index contributed by atoms with van der Waals surface area (Å²) in [6, 6.07) is 10.6. The quantitative estimate of drug-likeness (QED) is 0.678. The number of aromatic amines is 1. The van der Waals surface area contributed by atoms with E-state index in [2.05, 4.69) is 9.71 Å². The number of benzene rings is 1. The third kappa shape index (κ3) is 5.82. The molecule has 0 aliphatic carbocycles. The molecule has 0 saturated carbocycles. The van der Waals surface area contributed by atoms with Gasteiger partial charge in [0.25, 0.3) is 5.56 Å². The van der Waals surface area contributed by atoms with Crippen molar-refractivity contribution in [3.05, 3.63) is 81.1 Å². The molecule has 26 heavy (non-hydrogen) atoms. The Morgan fingerprint density at radius 2 is 1.81 bits per heavy atom. The van der Waals surface area contributed by atoms with Crippen LogP contribution in [-0.4, -0.2) is 23.7 Å². The summed E-state index contributed by atoms with van der Waals surface area (Å²) in [6.45, 7) is 3.90. The Kier molecular flexibility index (Phi) is 6.33. The molecular weight excluding hydrogens is 354 g/mol. The topological polar surface area (TPSA) is 101 Å². The van der Waals surface area contributed by atoms with Crippen LogP contribution >= 0.6 is 0 Å². The molecule has 0 spiro atoms. The molecule has 140 valence electrons. The predicted octanol–water partition coefficient (Wildman–Crippen LogP) is 1.34. The van der Waals surface area contributed by atoms with E-state index in [0.717, 1.165) is 5.56 Å². The van der Waals surface area contributed by atoms with Gasteiger partial charge in [0.15, 0.2) is 0 Å². The van der Waals surface area contributed by atoms with Crippen molar-refractivity contribution in [2.45, 2.75) is 32.4 Å². The van der Waals surface area contributed by atoms with Gasteiger partial charge in [-0.2, -0.15) is 0 Å². The highest BCUT2D eigenvalue weighted by atomic mass is 32.2. The highest BCUT2D eigenvalue weighted by Gasteiger charge is 2.25. The fourth-order valence-electron chi connectivity index (χ4n) is 2.47. The Morgan fingerprint density at radius 3 is 2.46 bits per heavy atom. The Balaban J connectivity index is 1.89. The molecule has 0 radical (unpaired) electrons. The second-order valence-electron chi connectivity index (χ2n) is 6.43. The standard InChI is InChI=1S/C18H23N3O4S/c1-18(2,15-9-5-3-6-10-15)20-26(24,25)14-8-4-7-12-21-13-11-16(22)19-17(21)23/h3-7,9-11,13,20H,8,12,14H2,1-2H3,(H,19,22,23)/b7-4+. The predicted molar refractivity (Wildman–Crippen MR) is 101 cm³/mol. The van der Waals surface area contributed by atoms with Gasteiger partial charge in [0.1, 0.15) is 0 Å². The van der Waals surface area contributed by atoms with E-state index in [0.29, 0.717) is 6.42 Å². The highest BCUT2D eigenvalue weighted by Crippen LogP contribution is 2.20. The molecule has 1 heterocycles. The van der Waals surface area contributed by atoms with Gasteiger partial charge in [-0.05, 0) is 25.8 Å². The summed E-state index contributed by atoms with van der Waals surface area (Å²) >= 11 is 0. The van der Waals surface area contributed by atoms with Crippen LogP contribution in [0.5, 0.6) is 0 Å². The van der Waals surface area contributed by atoms with Crippen LogP contribution in [0.2, 0.25) is 0 Å². The molecule has 0 bridgehead atoms. The van der Waals surface area contributed by atoms with E-state index in [1.165, 1.54) is 16.8 Å². The number of H-pyrrole nitrogens is 1. The molecular formula is C18H23N3O4S. The maximum Gasteiger partial charge on any atom is 0.328 e. The molecule has 7 nitrogen and oxygen atoms in total. The SMILES string of the molecule is CC(C)(NS(=O)(=O)CC/C=C/Cn1ccc(=O)[nH]c1=O)c1ccccc1. The minimum Gasteiger partial charge on any atom is -0.297 e. The molecule has 8 heteroatoms. The lowest BCUT2D eigenvalue weighted by atomic mass is 9.96. The number of hydrogen-bond acceptors (Lipinski definition) is 4. The molecule has 0 aliphatic heterocycles. The largest absolute Gasteiger partial charge is 0.328 e. The maximum absolute atomic E-state index is 12.3. The normalized spacial score (nSPS) is 12.5. The van der Waals surface area contributed by atoms with Gasteiger partial charge >= 0.3 is 5.69 Å². The van der Waals surface area contributed by atoms with Crippen LogP contribution in [0.1, 0.15) is 25.8 Å². The first-order valence-corrected chi connectivity index (χ1v) is 9.87. The summed E-state index contributed by atoms with van der Waals surface area (Å²) < 4.78 is 28.6. The molecule has 0 fully saturated rings. The van der Waals surface area contributed by atoms with E-state index >= 15 is 0 Å². The molecule has 0 aliphatic rings.